The molecule has 0 saturated heterocycles. The Morgan fingerprint density at radius 3 is 2.60 bits per heavy atom. The minimum absolute atomic E-state index is 0.173. The van der Waals surface area contributed by atoms with Crippen molar-refractivity contribution in [2.45, 2.75) is 26.8 Å². The second kappa shape index (κ2) is 5.87. The first-order valence-corrected chi connectivity index (χ1v) is 7.33. The summed E-state index contributed by atoms with van der Waals surface area (Å²) in [5.41, 5.74) is 4.49. The minimum Gasteiger partial charge on any atom is -0.497 e. The first kappa shape index (κ1) is 14.9. The van der Waals surface area contributed by atoms with Gasteiger partial charge in [0.2, 0.25) is 0 Å². The lowest BCUT2D eigenvalue weighted by molar-refractivity contribution is 0.415. The van der Waals surface area contributed by atoms with Crippen molar-refractivity contribution in [1.82, 2.24) is 9.78 Å². The Morgan fingerprint density at radius 1 is 1.35 bits per heavy atom. The molecule has 20 heavy (non-hydrogen) atoms. The van der Waals surface area contributed by atoms with Crippen molar-refractivity contribution in [3.63, 3.8) is 0 Å². The third kappa shape index (κ3) is 2.82. The van der Waals surface area contributed by atoms with E-state index in [1.807, 2.05) is 36.9 Å². The van der Waals surface area contributed by atoms with Crippen molar-refractivity contribution in [2.24, 2.45) is 7.05 Å². The summed E-state index contributed by atoms with van der Waals surface area (Å²) in [5.74, 6) is 0.836. The van der Waals surface area contributed by atoms with Crippen LogP contribution in [0.3, 0.4) is 0 Å². The molecular formula is C15H20BrN3O. The van der Waals surface area contributed by atoms with Gasteiger partial charge < -0.3 is 10.1 Å². The molecule has 0 saturated carbocycles. The van der Waals surface area contributed by atoms with E-state index in [2.05, 4.69) is 40.2 Å². The van der Waals surface area contributed by atoms with Crippen LogP contribution in [-0.4, -0.2) is 16.9 Å². The van der Waals surface area contributed by atoms with E-state index in [0.29, 0.717) is 0 Å². The average molecular weight is 338 g/mol. The molecule has 1 N–H and O–H groups in total. The Balaban J connectivity index is 2.29. The fourth-order valence-corrected chi connectivity index (χ4v) is 2.83. The molecule has 2 aromatic rings. The molecule has 4 nitrogen and oxygen atoms in total. The first-order valence-electron chi connectivity index (χ1n) is 6.54. The van der Waals surface area contributed by atoms with Crippen LogP contribution in [0.5, 0.6) is 5.75 Å². The van der Waals surface area contributed by atoms with Gasteiger partial charge in [-0.2, -0.15) is 5.10 Å². The van der Waals surface area contributed by atoms with E-state index < -0.39 is 0 Å². The third-order valence-electron chi connectivity index (χ3n) is 3.54. The van der Waals surface area contributed by atoms with Crippen molar-refractivity contribution in [3.8, 4) is 5.75 Å². The van der Waals surface area contributed by atoms with E-state index in [-0.39, 0.29) is 6.04 Å². The van der Waals surface area contributed by atoms with Gasteiger partial charge in [0, 0.05) is 28.8 Å². The molecule has 0 amide bonds. The van der Waals surface area contributed by atoms with Gasteiger partial charge in [0.15, 0.2) is 0 Å². The number of hydrogen-bond donors (Lipinski definition) is 1. The molecule has 1 atom stereocenters. The number of anilines is 1. The summed E-state index contributed by atoms with van der Waals surface area (Å²) < 4.78 is 8.21. The fourth-order valence-electron chi connectivity index (χ4n) is 2.46. The lowest BCUT2D eigenvalue weighted by Crippen LogP contribution is -2.09. The smallest absolute Gasteiger partial charge is 0.121 e. The highest BCUT2D eigenvalue weighted by Gasteiger charge is 2.17. The van der Waals surface area contributed by atoms with Crippen molar-refractivity contribution in [2.75, 3.05) is 12.4 Å². The van der Waals surface area contributed by atoms with Crippen LogP contribution >= 0.6 is 15.9 Å². The van der Waals surface area contributed by atoms with Crippen LogP contribution in [0.2, 0.25) is 0 Å². The number of nitrogens with one attached hydrogen (secondary N) is 1. The molecule has 1 aromatic carbocycles. The normalized spacial score (nSPS) is 12.3. The molecule has 1 unspecified atom stereocenters. The highest BCUT2D eigenvalue weighted by atomic mass is 79.9. The molecule has 1 heterocycles. The zero-order valence-electron chi connectivity index (χ0n) is 12.5. The van der Waals surface area contributed by atoms with Gasteiger partial charge in [0.25, 0.3) is 0 Å². The maximum absolute atomic E-state index is 5.27. The number of aromatic nitrogens is 2. The van der Waals surface area contributed by atoms with E-state index in [9.17, 15) is 0 Å². The van der Waals surface area contributed by atoms with Gasteiger partial charge in [-0.3, -0.25) is 4.68 Å². The number of methoxy groups -OCH3 is 1. The molecule has 5 heteroatoms. The second-order valence-corrected chi connectivity index (χ2v) is 5.77. The standard InChI is InChI=1S/C15H20BrN3O/c1-9(15-10(2)18-19(4)11(15)3)17-14-8-12(20-5)6-7-13(14)16/h6-9,17H,1-5H3. The number of nitrogens with zero attached hydrogens (tertiary/aromatic N) is 2. The molecule has 0 spiro atoms. The minimum atomic E-state index is 0.173. The van der Waals surface area contributed by atoms with E-state index >= 15 is 0 Å². The average Bonchev–Trinajstić information content (AvgIpc) is 2.66. The molecule has 0 fully saturated rings. The molecule has 0 aliphatic heterocycles. The van der Waals surface area contributed by atoms with Crippen molar-refractivity contribution < 1.29 is 4.74 Å². The number of aryl methyl sites for hydroxylation is 2. The van der Waals surface area contributed by atoms with Crippen LogP contribution in [0.4, 0.5) is 5.69 Å². The molecule has 0 radical (unpaired) electrons. The monoisotopic (exact) mass is 337 g/mol. The molecule has 0 aliphatic rings. The lowest BCUT2D eigenvalue weighted by Gasteiger charge is -2.18. The highest BCUT2D eigenvalue weighted by molar-refractivity contribution is 9.10. The summed E-state index contributed by atoms with van der Waals surface area (Å²) in [6.45, 7) is 6.28. The van der Waals surface area contributed by atoms with E-state index in [1.165, 1.54) is 11.3 Å². The fraction of sp³-hybridized carbons (Fsp3) is 0.400. The highest BCUT2D eigenvalue weighted by Crippen LogP contribution is 2.31. The van der Waals surface area contributed by atoms with Crippen LogP contribution in [0.25, 0.3) is 0 Å². The predicted molar refractivity (Wildman–Crippen MR) is 85.4 cm³/mol. The van der Waals surface area contributed by atoms with Gasteiger partial charge in [-0.25, -0.2) is 0 Å². The number of rotatable bonds is 4. The Labute approximate surface area is 128 Å². The topological polar surface area (TPSA) is 39.1 Å². The number of halogens is 1. The van der Waals surface area contributed by atoms with Crippen molar-refractivity contribution in [3.05, 3.63) is 39.6 Å². The molecular weight excluding hydrogens is 318 g/mol. The van der Waals surface area contributed by atoms with Gasteiger partial charge in [-0.15, -0.1) is 0 Å². The van der Waals surface area contributed by atoms with E-state index in [4.69, 9.17) is 4.74 Å². The van der Waals surface area contributed by atoms with Gasteiger partial charge in [0.1, 0.15) is 5.75 Å². The largest absolute Gasteiger partial charge is 0.497 e. The van der Waals surface area contributed by atoms with Gasteiger partial charge in [-0.1, -0.05) is 0 Å². The van der Waals surface area contributed by atoms with Crippen LogP contribution in [0.15, 0.2) is 22.7 Å². The SMILES string of the molecule is COc1ccc(Br)c(NC(C)c2c(C)nn(C)c2C)c1. The number of benzene rings is 1. The van der Waals surface area contributed by atoms with Gasteiger partial charge in [-0.05, 0) is 48.8 Å². The summed E-state index contributed by atoms with van der Waals surface area (Å²) in [7, 11) is 3.64. The van der Waals surface area contributed by atoms with E-state index in [0.717, 1.165) is 21.6 Å². The molecule has 1 aromatic heterocycles. The summed E-state index contributed by atoms with van der Waals surface area (Å²) in [5, 5.41) is 7.99. The summed E-state index contributed by atoms with van der Waals surface area (Å²) >= 11 is 3.56. The Hall–Kier alpha value is -1.49. The van der Waals surface area contributed by atoms with Crippen molar-refractivity contribution >= 4 is 21.6 Å². The maximum atomic E-state index is 5.27. The Morgan fingerprint density at radius 2 is 2.05 bits per heavy atom. The maximum Gasteiger partial charge on any atom is 0.121 e. The zero-order valence-corrected chi connectivity index (χ0v) is 14.1. The molecule has 0 bridgehead atoms. The molecule has 0 aliphatic carbocycles. The Bertz CT molecular complexity index is 622. The molecule has 2 rings (SSSR count). The summed E-state index contributed by atoms with van der Waals surface area (Å²) in [4.78, 5) is 0. The lowest BCUT2D eigenvalue weighted by atomic mass is 10.1. The number of hydrogen-bond acceptors (Lipinski definition) is 3. The van der Waals surface area contributed by atoms with Gasteiger partial charge in [0.05, 0.1) is 24.5 Å². The van der Waals surface area contributed by atoms with E-state index in [1.54, 1.807) is 7.11 Å². The predicted octanol–water partition coefficient (Wildman–Crippen LogP) is 3.98. The quantitative estimate of drug-likeness (QED) is 0.916. The first-order chi connectivity index (χ1) is 9.43. The molecule has 108 valence electrons. The van der Waals surface area contributed by atoms with Crippen LogP contribution < -0.4 is 10.1 Å². The zero-order chi connectivity index (χ0) is 14.9. The second-order valence-electron chi connectivity index (χ2n) is 4.92. The third-order valence-corrected chi connectivity index (χ3v) is 4.24. The van der Waals surface area contributed by atoms with Crippen LogP contribution in [0.1, 0.15) is 29.9 Å². The summed E-state index contributed by atoms with van der Waals surface area (Å²) in [6, 6.07) is 6.07. The van der Waals surface area contributed by atoms with Crippen LogP contribution in [0, 0.1) is 13.8 Å². The van der Waals surface area contributed by atoms with Gasteiger partial charge >= 0.3 is 0 Å². The summed E-state index contributed by atoms with van der Waals surface area (Å²) in [6.07, 6.45) is 0. The number of ether oxygens (including phenoxy) is 1. The van der Waals surface area contributed by atoms with Crippen LogP contribution in [-0.2, 0) is 7.05 Å². The Kier molecular flexibility index (Phi) is 4.38. The van der Waals surface area contributed by atoms with Crippen molar-refractivity contribution in [1.29, 1.82) is 0 Å².